The number of amides is 1. The highest BCUT2D eigenvalue weighted by molar-refractivity contribution is 5.90. The Balaban J connectivity index is 2.06. The fourth-order valence-electron chi connectivity index (χ4n) is 1.57. The van der Waals surface area contributed by atoms with Crippen molar-refractivity contribution in [2.24, 2.45) is 0 Å². The molecular formula is C11H10N4O5. The third-order valence-electron chi connectivity index (χ3n) is 2.49. The Morgan fingerprint density at radius 1 is 1.55 bits per heavy atom. The first-order valence-corrected chi connectivity index (χ1v) is 5.54. The number of aryl methyl sites for hydroxylation is 1. The van der Waals surface area contributed by atoms with E-state index in [1.54, 1.807) is 6.92 Å². The summed E-state index contributed by atoms with van der Waals surface area (Å²) in [5, 5.41) is 27.2. The van der Waals surface area contributed by atoms with Crippen LogP contribution in [0.25, 0.3) is 0 Å². The number of benzene rings is 1. The third-order valence-corrected chi connectivity index (χ3v) is 2.49. The molecular weight excluding hydrogens is 268 g/mol. The summed E-state index contributed by atoms with van der Waals surface area (Å²) in [5.41, 5.74) is 0.955. The number of nitro benzene ring substituents is 1. The van der Waals surface area contributed by atoms with Crippen molar-refractivity contribution >= 4 is 17.3 Å². The average molecular weight is 278 g/mol. The van der Waals surface area contributed by atoms with Gasteiger partial charge in [-0.3, -0.25) is 14.9 Å². The third kappa shape index (κ3) is 3.07. The summed E-state index contributed by atoms with van der Waals surface area (Å²) in [4.78, 5) is 21.8. The zero-order valence-electron chi connectivity index (χ0n) is 10.4. The van der Waals surface area contributed by atoms with Crippen molar-refractivity contribution in [3.8, 4) is 5.95 Å². The number of rotatable bonds is 4. The van der Waals surface area contributed by atoms with Gasteiger partial charge in [0, 0.05) is 17.8 Å². The van der Waals surface area contributed by atoms with Crippen molar-refractivity contribution in [2.75, 3.05) is 5.32 Å². The van der Waals surface area contributed by atoms with Crippen LogP contribution in [0.2, 0.25) is 0 Å². The first kappa shape index (κ1) is 13.5. The molecule has 1 aromatic heterocycles. The largest absolute Gasteiger partial charge is 0.539 e. The fraction of sp³-hybridized carbons (Fsp3) is 0.182. The summed E-state index contributed by atoms with van der Waals surface area (Å²) in [6, 6.07) is 4.09. The maximum Gasteiger partial charge on any atom is 0.292 e. The van der Waals surface area contributed by atoms with Crippen LogP contribution in [-0.4, -0.2) is 16.1 Å². The Labute approximate surface area is 112 Å². The minimum absolute atomic E-state index is 0.0534. The number of nitrogens with zero attached hydrogens (tertiary/aromatic N) is 3. The van der Waals surface area contributed by atoms with Crippen molar-refractivity contribution in [1.29, 1.82) is 0 Å². The number of nitrogens with one attached hydrogen (secondary N) is 1. The molecule has 0 fully saturated rings. The van der Waals surface area contributed by atoms with E-state index in [4.69, 9.17) is 0 Å². The zero-order valence-corrected chi connectivity index (χ0v) is 10.4. The summed E-state index contributed by atoms with van der Waals surface area (Å²) < 4.78 is 5.34. The van der Waals surface area contributed by atoms with Crippen LogP contribution >= 0.6 is 0 Å². The molecule has 0 saturated carbocycles. The topological polar surface area (TPSA) is 125 Å². The van der Waals surface area contributed by atoms with Crippen LogP contribution in [0.15, 0.2) is 28.9 Å². The van der Waals surface area contributed by atoms with Gasteiger partial charge in [-0.05, 0) is 18.6 Å². The van der Waals surface area contributed by atoms with E-state index in [2.05, 4.69) is 15.1 Å². The van der Waals surface area contributed by atoms with Crippen LogP contribution in [-0.2, 0) is 11.3 Å². The Hall–Kier alpha value is -2.97. The van der Waals surface area contributed by atoms with Gasteiger partial charge in [-0.1, -0.05) is 4.68 Å². The molecule has 0 saturated heterocycles. The van der Waals surface area contributed by atoms with Crippen LogP contribution in [0, 0.1) is 17.0 Å². The lowest BCUT2D eigenvalue weighted by Crippen LogP contribution is -2.41. The normalized spacial score (nSPS) is 10.2. The van der Waals surface area contributed by atoms with Crippen LogP contribution < -0.4 is 15.1 Å². The fourth-order valence-corrected chi connectivity index (χ4v) is 1.57. The Morgan fingerprint density at radius 2 is 2.30 bits per heavy atom. The molecule has 0 aliphatic rings. The monoisotopic (exact) mass is 278 g/mol. The SMILES string of the molecule is Cc1cc([N+](=O)[O-])ccc1NC(=O)C[n+]1cc([O-])on1. The standard InChI is InChI=1S/C11H10N4O5/c1-7-4-8(15(18)19)2-3-9(7)12-10(16)5-14-6-11(17)20-13-14/h2-4,6H,5H2,1H3,(H-,12,13,16,17). The molecule has 0 aliphatic heterocycles. The summed E-state index contributed by atoms with van der Waals surface area (Å²) in [6.45, 7) is 1.45. The van der Waals surface area contributed by atoms with Gasteiger partial charge in [-0.15, -0.1) is 0 Å². The van der Waals surface area contributed by atoms with Crippen molar-refractivity contribution < 1.29 is 24.0 Å². The lowest BCUT2D eigenvalue weighted by molar-refractivity contribution is -0.750. The summed E-state index contributed by atoms with van der Waals surface area (Å²) >= 11 is 0. The van der Waals surface area contributed by atoms with Crippen molar-refractivity contribution in [1.82, 2.24) is 5.27 Å². The molecule has 0 atom stereocenters. The predicted molar refractivity (Wildman–Crippen MR) is 62.6 cm³/mol. The zero-order chi connectivity index (χ0) is 14.7. The second kappa shape index (κ2) is 5.34. The van der Waals surface area contributed by atoms with Gasteiger partial charge in [-0.25, -0.2) is 0 Å². The molecule has 0 bridgehead atoms. The first-order chi connectivity index (χ1) is 9.45. The van der Waals surface area contributed by atoms with E-state index in [-0.39, 0.29) is 12.2 Å². The lowest BCUT2D eigenvalue weighted by atomic mass is 10.2. The predicted octanol–water partition coefficient (Wildman–Crippen LogP) is -0.109. The van der Waals surface area contributed by atoms with Gasteiger partial charge in [0.1, 0.15) is 5.95 Å². The van der Waals surface area contributed by atoms with E-state index in [9.17, 15) is 20.0 Å². The van der Waals surface area contributed by atoms with Gasteiger partial charge in [-0.2, -0.15) is 0 Å². The molecule has 0 radical (unpaired) electrons. The van der Waals surface area contributed by atoms with E-state index in [0.29, 0.717) is 11.3 Å². The molecule has 104 valence electrons. The van der Waals surface area contributed by atoms with E-state index < -0.39 is 16.8 Å². The van der Waals surface area contributed by atoms with Gasteiger partial charge >= 0.3 is 0 Å². The van der Waals surface area contributed by atoms with Crippen LogP contribution in [0.5, 0.6) is 5.95 Å². The number of anilines is 1. The van der Waals surface area contributed by atoms with Gasteiger partial charge < -0.3 is 14.9 Å². The van der Waals surface area contributed by atoms with Crippen molar-refractivity contribution in [2.45, 2.75) is 13.5 Å². The molecule has 0 aliphatic carbocycles. The van der Waals surface area contributed by atoms with E-state index in [1.807, 2.05) is 0 Å². The number of carbonyl (C=O) groups excluding carboxylic acids is 1. The van der Waals surface area contributed by atoms with Gasteiger partial charge in [0.05, 0.1) is 10.2 Å². The highest BCUT2D eigenvalue weighted by Crippen LogP contribution is 2.20. The van der Waals surface area contributed by atoms with Gasteiger partial charge in [0.25, 0.3) is 18.1 Å². The van der Waals surface area contributed by atoms with Crippen molar-refractivity contribution in [3.63, 3.8) is 0 Å². The molecule has 1 aromatic carbocycles. The Kier molecular flexibility index (Phi) is 3.60. The highest BCUT2D eigenvalue weighted by Gasteiger charge is 2.14. The number of hydrogen-bond donors (Lipinski definition) is 1. The molecule has 1 N–H and O–H groups in total. The molecule has 20 heavy (non-hydrogen) atoms. The molecule has 9 heteroatoms. The molecule has 2 rings (SSSR count). The van der Waals surface area contributed by atoms with Gasteiger partial charge in [0.2, 0.25) is 6.20 Å². The quantitative estimate of drug-likeness (QED) is 0.472. The average Bonchev–Trinajstić information content (AvgIpc) is 2.77. The molecule has 1 amide bonds. The van der Waals surface area contributed by atoms with E-state index in [0.717, 1.165) is 10.9 Å². The minimum Gasteiger partial charge on any atom is -0.539 e. The number of nitro groups is 1. The second-order valence-corrected chi connectivity index (χ2v) is 4.02. The van der Waals surface area contributed by atoms with Crippen LogP contribution in [0.1, 0.15) is 5.56 Å². The summed E-state index contributed by atoms with van der Waals surface area (Å²) in [6.07, 6.45) is 1.04. The Morgan fingerprint density at radius 3 is 2.85 bits per heavy atom. The molecule has 2 aromatic rings. The second-order valence-electron chi connectivity index (χ2n) is 4.02. The summed E-state index contributed by atoms with van der Waals surface area (Å²) in [5.74, 6) is -1.08. The number of hydrogen-bond acceptors (Lipinski definition) is 6. The maximum absolute atomic E-state index is 11.7. The smallest absolute Gasteiger partial charge is 0.292 e. The van der Waals surface area contributed by atoms with Crippen molar-refractivity contribution in [3.05, 3.63) is 40.1 Å². The van der Waals surface area contributed by atoms with Crippen LogP contribution in [0.3, 0.4) is 0 Å². The maximum atomic E-state index is 11.7. The number of carbonyl (C=O) groups is 1. The van der Waals surface area contributed by atoms with E-state index in [1.165, 1.54) is 18.2 Å². The number of aromatic nitrogens is 2. The molecule has 0 spiro atoms. The first-order valence-electron chi connectivity index (χ1n) is 5.54. The number of non-ortho nitro benzene ring substituents is 1. The minimum atomic E-state index is -0.649. The van der Waals surface area contributed by atoms with Crippen LogP contribution in [0.4, 0.5) is 11.4 Å². The summed E-state index contributed by atoms with van der Waals surface area (Å²) in [7, 11) is 0. The molecule has 1 heterocycles. The van der Waals surface area contributed by atoms with Gasteiger partial charge in [0.15, 0.2) is 0 Å². The van der Waals surface area contributed by atoms with E-state index >= 15 is 0 Å². The molecule has 9 nitrogen and oxygen atoms in total. The lowest BCUT2D eigenvalue weighted by Gasteiger charge is -2.05. The highest BCUT2D eigenvalue weighted by atomic mass is 16.6. The Bertz CT molecular complexity index is 667. The molecule has 0 unspecified atom stereocenters.